The first-order valence-electron chi connectivity index (χ1n) is 3.95. The van der Waals surface area contributed by atoms with Crippen molar-refractivity contribution in [3.05, 3.63) is 12.2 Å². The van der Waals surface area contributed by atoms with E-state index in [1.807, 2.05) is 0 Å². The molecule has 0 nitrogen and oxygen atoms in total. The quantitative estimate of drug-likeness (QED) is 0.422. The van der Waals surface area contributed by atoms with Gasteiger partial charge in [-0.15, -0.1) is 6.42 Å². The third-order valence-corrected chi connectivity index (χ3v) is 1.39. The number of rotatable bonds is 4. The normalized spacial score (nSPS) is 7.64. The van der Waals surface area contributed by atoms with Gasteiger partial charge < -0.3 is 0 Å². The van der Waals surface area contributed by atoms with Gasteiger partial charge in [0.05, 0.1) is 0 Å². The number of allylic oxidation sites excluding steroid dienone is 1. The number of unbranched alkanes of at least 4 members (excludes halogenated alkanes) is 2. The highest BCUT2D eigenvalue weighted by atomic mass is 13.9. The summed E-state index contributed by atoms with van der Waals surface area (Å²) in [7, 11) is 0. The van der Waals surface area contributed by atoms with Crippen LogP contribution in [0, 0.1) is 24.2 Å². The van der Waals surface area contributed by atoms with E-state index in [0.29, 0.717) is 0 Å². The zero-order valence-electron chi connectivity index (χ0n) is 7.11. The lowest BCUT2D eigenvalue weighted by atomic mass is 10.1. The first kappa shape index (κ1) is 9.86. The molecule has 0 aliphatic carbocycles. The molecule has 0 aliphatic heterocycles. The maximum Gasteiger partial charge on any atom is -0.00412 e. The molecule has 0 bridgehead atoms. The van der Waals surface area contributed by atoms with Crippen molar-refractivity contribution in [2.75, 3.05) is 0 Å². The average Bonchev–Trinajstić information content (AvgIpc) is 2.01. The fourth-order valence-electron chi connectivity index (χ4n) is 0.775. The summed E-state index contributed by atoms with van der Waals surface area (Å²) < 4.78 is 0. The van der Waals surface area contributed by atoms with Gasteiger partial charge in [-0.25, -0.2) is 0 Å². The Hall–Kier alpha value is -1.14. The lowest BCUT2D eigenvalue weighted by molar-refractivity contribution is 0.722. The Balaban J connectivity index is 3.47. The molecule has 0 fully saturated rings. The van der Waals surface area contributed by atoms with Crippen LogP contribution >= 0.6 is 0 Å². The standard InChI is InChI=1S/C11H14/c1-4-6-8-10-11(3)9-7-5-2/h2H,3-4,6,8,10H2,1H3. The molecular formula is C11H14. The van der Waals surface area contributed by atoms with Crippen molar-refractivity contribution in [2.24, 2.45) is 0 Å². The molecule has 58 valence electrons. The maximum atomic E-state index is 4.97. The van der Waals surface area contributed by atoms with Gasteiger partial charge in [0, 0.05) is 0 Å². The predicted octanol–water partition coefficient (Wildman–Crippen LogP) is 2.76. The van der Waals surface area contributed by atoms with Crippen LogP contribution in [0.25, 0.3) is 0 Å². The molecule has 0 aromatic rings. The van der Waals surface area contributed by atoms with E-state index in [9.17, 15) is 0 Å². The second-order valence-corrected chi connectivity index (χ2v) is 2.45. The lowest BCUT2D eigenvalue weighted by Gasteiger charge is -1.94. The van der Waals surface area contributed by atoms with Crippen molar-refractivity contribution >= 4 is 0 Å². The van der Waals surface area contributed by atoms with Crippen LogP contribution in [-0.2, 0) is 0 Å². The number of hydrogen-bond acceptors (Lipinski definition) is 0. The molecule has 0 saturated heterocycles. The predicted molar refractivity (Wildman–Crippen MR) is 49.9 cm³/mol. The summed E-state index contributed by atoms with van der Waals surface area (Å²) in [6.07, 6.45) is 9.61. The van der Waals surface area contributed by atoms with E-state index in [1.54, 1.807) is 0 Å². The zero-order valence-corrected chi connectivity index (χ0v) is 7.11. The van der Waals surface area contributed by atoms with Crippen LogP contribution in [0.4, 0.5) is 0 Å². The van der Waals surface area contributed by atoms with Crippen molar-refractivity contribution in [3.8, 4) is 24.2 Å². The van der Waals surface area contributed by atoms with Gasteiger partial charge in [0.25, 0.3) is 0 Å². The Kier molecular flexibility index (Phi) is 6.25. The van der Waals surface area contributed by atoms with Crippen molar-refractivity contribution in [1.29, 1.82) is 0 Å². The molecule has 0 radical (unpaired) electrons. The van der Waals surface area contributed by atoms with Gasteiger partial charge in [-0.3, -0.25) is 0 Å². The van der Waals surface area contributed by atoms with Crippen molar-refractivity contribution in [1.82, 2.24) is 0 Å². The molecule has 0 N–H and O–H groups in total. The van der Waals surface area contributed by atoms with Crippen LogP contribution in [0.2, 0.25) is 0 Å². The van der Waals surface area contributed by atoms with Gasteiger partial charge in [0.1, 0.15) is 0 Å². The Morgan fingerprint density at radius 1 is 1.45 bits per heavy atom. The van der Waals surface area contributed by atoms with E-state index < -0.39 is 0 Å². The first-order valence-corrected chi connectivity index (χ1v) is 3.95. The average molecular weight is 146 g/mol. The zero-order chi connectivity index (χ0) is 8.53. The second kappa shape index (κ2) is 6.97. The van der Waals surface area contributed by atoms with Crippen LogP contribution in [0.3, 0.4) is 0 Å². The maximum absolute atomic E-state index is 4.97. The Morgan fingerprint density at radius 3 is 2.73 bits per heavy atom. The van der Waals surface area contributed by atoms with E-state index in [-0.39, 0.29) is 0 Å². The van der Waals surface area contributed by atoms with Gasteiger partial charge in [-0.05, 0) is 30.3 Å². The topological polar surface area (TPSA) is 0 Å². The minimum atomic E-state index is 0.955. The van der Waals surface area contributed by atoms with E-state index in [4.69, 9.17) is 6.42 Å². The molecule has 0 heterocycles. The fraction of sp³-hybridized carbons (Fsp3) is 0.455. The summed E-state index contributed by atoms with van der Waals surface area (Å²) >= 11 is 0. The van der Waals surface area contributed by atoms with Crippen LogP contribution in [0.15, 0.2) is 12.2 Å². The Morgan fingerprint density at radius 2 is 2.18 bits per heavy atom. The van der Waals surface area contributed by atoms with Crippen molar-refractivity contribution in [3.63, 3.8) is 0 Å². The van der Waals surface area contributed by atoms with Gasteiger partial charge in [-0.1, -0.05) is 32.3 Å². The van der Waals surface area contributed by atoms with Crippen LogP contribution in [0.5, 0.6) is 0 Å². The molecule has 0 heteroatoms. The number of hydrogen-bond donors (Lipinski definition) is 0. The monoisotopic (exact) mass is 146 g/mol. The minimum absolute atomic E-state index is 0.955. The van der Waals surface area contributed by atoms with Crippen molar-refractivity contribution < 1.29 is 0 Å². The van der Waals surface area contributed by atoms with Gasteiger partial charge in [0.2, 0.25) is 0 Å². The molecule has 0 amide bonds. The molecule has 0 aromatic heterocycles. The Labute approximate surface area is 69.7 Å². The SMILES string of the molecule is C#CC#CC(=C)CCCCC. The summed E-state index contributed by atoms with van der Waals surface area (Å²) in [5, 5.41) is 0. The third-order valence-electron chi connectivity index (χ3n) is 1.39. The summed E-state index contributed by atoms with van der Waals surface area (Å²) in [4.78, 5) is 0. The van der Waals surface area contributed by atoms with E-state index >= 15 is 0 Å². The lowest BCUT2D eigenvalue weighted by Crippen LogP contribution is -1.77. The minimum Gasteiger partial charge on any atom is -0.106 e. The molecule has 0 unspecified atom stereocenters. The van der Waals surface area contributed by atoms with Crippen LogP contribution in [-0.4, -0.2) is 0 Å². The van der Waals surface area contributed by atoms with E-state index in [2.05, 4.69) is 31.3 Å². The molecular weight excluding hydrogens is 132 g/mol. The highest BCUT2D eigenvalue weighted by Gasteiger charge is 1.88. The molecule has 0 spiro atoms. The third kappa shape index (κ3) is 6.75. The second-order valence-electron chi connectivity index (χ2n) is 2.45. The molecule has 0 atom stereocenters. The van der Waals surface area contributed by atoms with Gasteiger partial charge in [-0.2, -0.15) is 0 Å². The van der Waals surface area contributed by atoms with Crippen molar-refractivity contribution in [2.45, 2.75) is 32.6 Å². The largest absolute Gasteiger partial charge is 0.106 e. The Bertz CT molecular complexity index is 204. The molecule has 0 rings (SSSR count). The number of terminal acetylenes is 1. The summed E-state index contributed by atoms with van der Waals surface area (Å²) in [5.41, 5.74) is 0.955. The smallest absolute Gasteiger partial charge is 0.00412 e. The summed E-state index contributed by atoms with van der Waals surface area (Å²) in [5.74, 6) is 7.63. The summed E-state index contributed by atoms with van der Waals surface area (Å²) in [6, 6.07) is 0. The van der Waals surface area contributed by atoms with Crippen LogP contribution in [0.1, 0.15) is 32.6 Å². The van der Waals surface area contributed by atoms with Gasteiger partial charge in [0.15, 0.2) is 0 Å². The van der Waals surface area contributed by atoms with E-state index in [0.717, 1.165) is 12.0 Å². The molecule has 0 aliphatic rings. The first-order chi connectivity index (χ1) is 5.31. The van der Waals surface area contributed by atoms with Crippen LogP contribution < -0.4 is 0 Å². The molecule has 0 saturated carbocycles. The van der Waals surface area contributed by atoms with Gasteiger partial charge >= 0.3 is 0 Å². The summed E-state index contributed by atoms with van der Waals surface area (Å²) in [6.45, 7) is 5.97. The fourth-order valence-corrected chi connectivity index (χ4v) is 0.775. The highest BCUT2D eigenvalue weighted by molar-refractivity contribution is 5.33. The van der Waals surface area contributed by atoms with E-state index in [1.165, 1.54) is 19.3 Å². The highest BCUT2D eigenvalue weighted by Crippen LogP contribution is 2.05. The molecule has 0 aromatic carbocycles. The molecule has 11 heavy (non-hydrogen) atoms.